The van der Waals surface area contributed by atoms with Crippen molar-refractivity contribution in [1.82, 2.24) is 9.97 Å². The molecule has 0 amide bonds. The number of H-pyrrole nitrogens is 1. The molecule has 14 nitrogen and oxygen atoms in total. The molecule has 0 aromatic carbocycles. The number of rotatable bonds is 4. The molecule has 23 heavy (non-hydrogen) atoms. The van der Waals surface area contributed by atoms with Crippen LogP contribution < -0.4 is 16.2 Å². The molecule has 0 radical (unpaired) electrons. The van der Waals surface area contributed by atoms with Crippen LogP contribution in [0.3, 0.4) is 0 Å². The van der Waals surface area contributed by atoms with Crippen molar-refractivity contribution in [3.05, 3.63) is 10.4 Å². The number of aliphatic hydroxyl groups excluding tert-OH is 1. The van der Waals surface area contributed by atoms with Gasteiger partial charge in [-0.1, -0.05) is 0 Å². The molecule has 1 aromatic heterocycles. The SMILES string of the molecule is O=P(O)(O)OP(=O)(O)O.O=c1[nH]c(NCO)nc2c1N=CCN2. The van der Waals surface area contributed by atoms with Gasteiger partial charge in [0.25, 0.3) is 5.56 Å². The van der Waals surface area contributed by atoms with Gasteiger partial charge in [0.05, 0.1) is 6.54 Å². The zero-order valence-electron chi connectivity index (χ0n) is 11.1. The van der Waals surface area contributed by atoms with E-state index in [0.29, 0.717) is 12.4 Å². The second-order valence-electron chi connectivity index (χ2n) is 3.70. The third kappa shape index (κ3) is 7.45. The average molecular weight is 373 g/mol. The molecule has 0 spiro atoms. The summed E-state index contributed by atoms with van der Waals surface area (Å²) >= 11 is 0. The summed E-state index contributed by atoms with van der Waals surface area (Å²) in [5, 5.41) is 14.0. The minimum atomic E-state index is -5.05. The number of aliphatic hydroxyl groups is 1. The number of anilines is 2. The minimum absolute atomic E-state index is 0.223. The van der Waals surface area contributed by atoms with Gasteiger partial charge >= 0.3 is 15.6 Å². The second-order valence-corrected chi connectivity index (χ2v) is 6.32. The molecule has 0 unspecified atom stereocenters. The highest BCUT2D eigenvalue weighted by atomic mass is 31.3. The molecule has 0 aliphatic carbocycles. The Hall–Kier alpha value is -1.63. The number of nitrogens with one attached hydrogen (secondary N) is 3. The van der Waals surface area contributed by atoms with Crippen molar-refractivity contribution in [1.29, 1.82) is 0 Å². The van der Waals surface area contributed by atoms with Gasteiger partial charge in [-0.25, -0.2) is 14.1 Å². The number of phosphoric acid groups is 2. The van der Waals surface area contributed by atoms with E-state index >= 15 is 0 Å². The molecule has 1 aliphatic heterocycles. The molecule has 130 valence electrons. The normalized spacial score (nSPS) is 13.4. The fourth-order valence-corrected chi connectivity index (χ4v) is 2.39. The molecule has 0 fully saturated rings. The van der Waals surface area contributed by atoms with Gasteiger partial charge in [0.15, 0.2) is 11.5 Å². The zero-order valence-corrected chi connectivity index (χ0v) is 12.9. The predicted octanol–water partition coefficient (Wildman–Crippen LogP) is -1.55. The molecule has 2 heterocycles. The van der Waals surface area contributed by atoms with Crippen molar-refractivity contribution in [3.63, 3.8) is 0 Å². The van der Waals surface area contributed by atoms with Gasteiger partial charge in [-0.05, 0) is 0 Å². The summed E-state index contributed by atoms with van der Waals surface area (Å²) in [5.74, 6) is 0.646. The molecule has 0 atom stereocenters. The number of hydrogen-bond donors (Lipinski definition) is 8. The van der Waals surface area contributed by atoms with Gasteiger partial charge in [0.1, 0.15) is 6.73 Å². The standard InChI is InChI=1S/C7H9N5O2.H4O7P2/c13-3-10-7-11-5-4(6(14)12-7)8-1-2-9-5;1-8(2,3)7-9(4,5)6/h1,13H,2-3H2,(H3,9,10,11,12,14);(H2,1,2,3)(H2,4,5,6). The average Bonchev–Trinajstić information content (AvgIpc) is 2.35. The van der Waals surface area contributed by atoms with Gasteiger partial charge in [0.2, 0.25) is 5.95 Å². The van der Waals surface area contributed by atoms with E-state index in [1.165, 1.54) is 0 Å². The quantitative estimate of drug-likeness (QED) is 0.221. The van der Waals surface area contributed by atoms with Crippen molar-refractivity contribution in [2.45, 2.75) is 0 Å². The fourth-order valence-electron chi connectivity index (χ4n) is 1.29. The van der Waals surface area contributed by atoms with Crippen LogP contribution in [0.2, 0.25) is 0 Å². The largest absolute Gasteiger partial charge is 0.478 e. The van der Waals surface area contributed by atoms with Crippen molar-refractivity contribution in [3.8, 4) is 0 Å². The first-order chi connectivity index (χ1) is 10.5. The van der Waals surface area contributed by atoms with E-state index in [1.807, 2.05) is 0 Å². The summed E-state index contributed by atoms with van der Waals surface area (Å²) in [6.07, 6.45) is 1.60. The Labute approximate surface area is 127 Å². The number of aromatic amines is 1. The van der Waals surface area contributed by atoms with Gasteiger partial charge in [0, 0.05) is 6.21 Å². The molecule has 0 saturated heterocycles. The fraction of sp³-hybridized carbons (Fsp3) is 0.286. The molecule has 8 N–H and O–H groups in total. The maximum absolute atomic E-state index is 11.4. The lowest BCUT2D eigenvalue weighted by molar-refractivity contribution is 0.225. The van der Waals surface area contributed by atoms with Crippen LogP contribution in [0.25, 0.3) is 0 Å². The maximum atomic E-state index is 11.4. The van der Waals surface area contributed by atoms with Gasteiger partial charge < -0.3 is 35.3 Å². The number of fused-ring (bicyclic) bond motifs is 1. The van der Waals surface area contributed by atoms with Crippen LogP contribution in [0, 0.1) is 0 Å². The lowest BCUT2D eigenvalue weighted by Gasteiger charge is -2.11. The lowest BCUT2D eigenvalue weighted by Crippen LogP contribution is -2.19. The molecule has 0 saturated carbocycles. The van der Waals surface area contributed by atoms with E-state index in [0.717, 1.165) is 0 Å². The highest BCUT2D eigenvalue weighted by Gasteiger charge is 2.27. The first-order valence-electron chi connectivity index (χ1n) is 5.60. The topological polar surface area (TPSA) is 227 Å². The van der Waals surface area contributed by atoms with E-state index in [4.69, 9.17) is 24.7 Å². The molecule has 0 bridgehead atoms. The van der Waals surface area contributed by atoms with Crippen molar-refractivity contribution in [2.24, 2.45) is 4.99 Å². The summed E-state index contributed by atoms with van der Waals surface area (Å²) in [4.78, 5) is 52.8. The predicted molar refractivity (Wildman–Crippen MR) is 77.4 cm³/mol. The van der Waals surface area contributed by atoms with E-state index in [9.17, 15) is 13.9 Å². The Morgan fingerprint density at radius 1 is 1.26 bits per heavy atom. The van der Waals surface area contributed by atoms with Crippen LogP contribution in [-0.4, -0.2) is 54.1 Å². The van der Waals surface area contributed by atoms with Crippen LogP contribution >= 0.6 is 15.6 Å². The third-order valence-electron chi connectivity index (χ3n) is 1.94. The Bertz CT molecular complexity index is 701. The number of hydrogen-bond acceptors (Lipinski definition) is 9. The van der Waals surface area contributed by atoms with E-state index in [1.54, 1.807) is 6.21 Å². The molecule has 16 heteroatoms. The summed E-state index contributed by atoms with van der Waals surface area (Å²) in [7, 11) is -10.1. The lowest BCUT2D eigenvalue weighted by atomic mass is 10.4. The Morgan fingerprint density at radius 2 is 1.87 bits per heavy atom. The van der Waals surface area contributed by atoms with Crippen LogP contribution in [0.1, 0.15) is 0 Å². The monoisotopic (exact) mass is 373 g/mol. The molecular weight excluding hydrogens is 360 g/mol. The van der Waals surface area contributed by atoms with Crippen molar-refractivity contribution >= 4 is 39.3 Å². The maximum Gasteiger partial charge on any atom is 0.478 e. The summed E-state index contributed by atoms with van der Waals surface area (Å²) in [5.41, 5.74) is -0.0749. The van der Waals surface area contributed by atoms with Gasteiger partial charge in [-0.3, -0.25) is 9.78 Å². The molecule has 1 aliphatic rings. The summed E-state index contributed by atoms with van der Waals surface area (Å²) < 4.78 is 22.2. The van der Waals surface area contributed by atoms with Crippen molar-refractivity contribution < 1.29 is 38.1 Å². The molecule has 1 aromatic rings. The van der Waals surface area contributed by atoms with Crippen LogP contribution in [0.5, 0.6) is 0 Å². The number of aliphatic imine (C=N–C) groups is 1. The molecule has 2 rings (SSSR count). The highest BCUT2D eigenvalue weighted by molar-refractivity contribution is 7.60. The number of aromatic nitrogens is 2. The van der Waals surface area contributed by atoms with Crippen LogP contribution in [-0.2, 0) is 13.4 Å². The number of nitrogens with zero attached hydrogens (tertiary/aromatic N) is 2. The van der Waals surface area contributed by atoms with Crippen molar-refractivity contribution in [2.75, 3.05) is 23.9 Å². The minimum Gasteiger partial charge on any atom is -0.376 e. The molecular formula is C7H13N5O9P2. The van der Waals surface area contributed by atoms with E-state index in [2.05, 4.69) is 29.9 Å². The Kier molecular flexibility index (Phi) is 6.56. The Balaban J connectivity index is 0.000000257. The third-order valence-corrected chi connectivity index (χ3v) is 3.64. The van der Waals surface area contributed by atoms with Crippen LogP contribution in [0.4, 0.5) is 17.5 Å². The highest BCUT2D eigenvalue weighted by Crippen LogP contribution is 2.53. The van der Waals surface area contributed by atoms with Gasteiger partial charge in [-0.2, -0.15) is 9.29 Å². The first-order valence-corrected chi connectivity index (χ1v) is 8.66. The van der Waals surface area contributed by atoms with Gasteiger partial charge in [-0.15, -0.1) is 0 Å². The summed E-state index contributed by atoms with van der Waals surface area (Å²) in [6.45, 7) is 0.257. The Morgan fingerprint density at radius 3 is 2.35 bits per heavy atom. The summed E-state index contributed by atoms with van der Waals surface area (Å²) in [6, 6.07) is 0. The van der Waals surface area contributed by atoms with E-state index < -0.39 is 15.6 Å². The van der Waals surface area contributed by atoms with E-state index in [-0.39, 0.29) is 23.9 Å². The second kappa shape index (κ2) is 7.77. The first kappa shape index (κ1) is 19.4. The van der Waals surface area contributed by atoms with Crippen LogP contribution in [0.15, 0.2) is 9.79 Å². The zero-order chi connectivity index (χ0) is 17.7. The smallest absolute Gasteiger partial charge is 0.376 e.